The minimum atomic E-state index is -0.775. The van der Waals surface area contributed by atoms with Crippen LogP contribution in [0.4, 0.5) is 0 Å². The predicted octanol–water partition coefficient (Wildman–Crippen LogP) is 22.7. The van der Waals surface area contributed by atoms with Gasteiger partial charge in [0, 0.05) is 19.3 Å². The van der Waals surface area contributed by atoms with Crippen molar-refractivity contribution in [3.05, 3.63) is 85.1 Å². The van der Waals surface area contributed by atoms with Gasteiger partial charge in [0.25, 0.3) is 0 Å². The molecule has 0 bridgehead atoms. The van der Waals surface area contributed by atoms with Gasteiger partial charge >= 0.3 is 17.9 Å². The van der Waals surface area contributed by atoms with Crippen molar-refractivity contribution in [1.82, 2.24) is 0 Å². The summed E-state index contributed by atoms with van der Waals surface area (Å²) >= 11 is 0. The molecule has 0 heterocycles. The summed E-state index contributed by atoms with van der Waals surface area (Å²) < 4.78 is 16.8. The van der Waals surface area contributed by atoms with Gasteiger partial charge in [-0.2, -0.15) is 0 Å². The Hall–Kier alpha value is -3.41. The van der Waals surface area contributed by atoms with Crippen LogP contribution in [0.2, 0.25) is 0 Å². The van der Waals surface area contributed by atoms with Gasteiger partial charge in [-0.15, -0.1) is 0 Å². The van der Waals surface area contributed by atoms with Crippen LogP contribution in [-0.4, -0.2) is 37.2 Å². The van der Waals surface area contributed by atoms with Crippen molar-refractivity contribution in [2.24, 2.45) is 0 Å². The van der Waals surface area contributed by atoms with Crippen LogP contribution in [0.3, 0.4) is 0 Å². The first-order valence-electron chi connectivity index (χ1n) is 33.1. The van der Waals surface area contributed by atoms with Crippen LogP contribution >= 0.6 is 0 Å². The molecule has 1 unspecified atom stereocenters. The molecular formula is C71H124O6. The second-order valence-electron chi connectivity index (χ2n) is 22.0. The molecule has 0 rings (SSSR count). The van der Waals surface area contributed by atoms with Gasteiger partial charge in [-0.05, 0) is 96.3 Å². The fourth-order valence-electron chi connectivity index (χ4n) is 9.44. The zero-order valence-electron chi connectivity index (χ0n) is 51.0. The molecular weight excluding hydrogens is 949 g/mol. The molecule has 0 N–H and O–H groups in total. The average Bonchev–Trinajstić information content (AvgIpc) is 3.43. The number of carbonyl (C=O) groups excluding carboxylic acids is 3. The van der Waals surface area contributed by atoms with Crippen molar-refractivity contribution >= 4 is 17.9 Å². The summed E-state index contributed by atoms with van der Waals surface area (Å²) in [6, 6.07) is 0. The Kier molecular flexibility index (Phi) is 62.2. The first-order chi connectivity index (χ1) is 38.0. The Labute approximate surface area is 477 Å². The number of esters is 3. The van der Waals surface area contributed by atoms with Crippen molar-refractivity contribution in [1.29, 1.82) is 0 Å². The van der Waals surface area contributed by atoms with E-state index >= 15 is 0 Å². The number of unbranched alkanes of at least 4 members (excludes halogenated alkanes) is 35. The van der Waals surface area contributed by atoms with Crippen LogP contribution in [0, 0.1) is 0 Å². The van der Waals surface area contributed by atoms with Crippen molar-refractivity contribution in [2.45, 2.75) is 335 Å². The highest BCUT2D eigenvalue weighted by molar-refractivity contribution is 5.71. The fourth-order valence-corrected chi connectivity index (χ4v) is 9.44. The van der Waals surface area contributed by atoms with Gasteiger partial charge < -0.3 is 14.2 Å². The Balaban J connectivity index is 3.99. The molecule has 0 aliphatic rings. The topological polar surface area (TPSA) is 78.9 Å². The number of rotatable bonds is 60. The van der Waals surface area contributed by atoms with Gasteiger partial charge in [0.1, 0.15) is 13.2 Å². The summed E-state index contributed by atoms with van der Waals surface area (Å²) in [6.45, 7) is 6.46. The largest absolute Gasteiger partial charge is 0.462 e. The van der Waals surface area contributed by atoms with E-state index in [4.69, 9.17) is 14.2 Å². The van der Waals surface area contributed by atoms with E-state index in [0.717, 1.165) is 103 Å². The third-order valence-corrected chi connectivity index (χ3v) is 14.4. The molecule has 0 amide bonds. The minimum Gasteiger partial charge on any atom is -0.462 e. The molecule has 6 heteroatoms. The Morgan fingerprint density at radius 3 is 0.792 bits per heavy atom. The van der Waals surface area contributed by atoms with Crippen molar-refractivity contribution in [3.8, 4) is 0 Å². The van der Waals surface area contributed by atoms with Crippen LogP contribution in [0.15, 0.2) is 85.1 Å². The molecule has 77 heavy (non-hydrogen) atoms. The quantitative estimate of drug-likeness (QED) is 0.0261. The van der Waals surface area contributed by atoms with E-state index in [1.165, 1.54) is 186 Å². The maximum absolute atomic E-state index is 12.8. The van der Waals surface area contributed by atoms with Gasteiger partial charge in [-0.1, -0.05) is 298 Å². The molecule has 0 aromatic carbocycles. The third-order valence-electron chi connectivity index (χ3n) is 14.4. The van der Waals surface area contributed by atoms with E-state index < -0.39 is 6.10 Å². The lowest BCUT2D eigenvalue weighted by molar-refractivity contribution is -0.167. The number of hydrogen-bond acceptors (Lipinski definition) is 6. The Morgan fingerprint density at radius 2 is 0.506 bits per heavy atom. The third kappa shape index (κ3) is 63.3. The lowest BCUT2D eigenvalue weighted by atomic mass is 10.0. The zero-order chi connectivity index (χ0) is 55.7. The van der Waals surface area contributed by atoms with Crippen LogP contribution in [-0.2, 0) is 28.6 Å². The minimum absolute atomic E-state index is 0.0758. The molecule has 0 saturated carbocycles. The van der Waals surface area contributed by atoms with Gasteiger partial charge in [0.05, 0.1) is 0 Å². The van der Waals surface area contributed by atoms with E-state index in [2.05, 4.69) is 106 Å². The Bertz CT molecular complexity index is 1470. The molecule has 0 aliphatic heterocycles. The second-order valence-corrected chi connectivity index (χ2v) is 22.0. The SMILES string of the molecule is CC/C=C\C/C=C\C/C=C\C/C=C\CCCCCCCCCCCCC(=O)OC(COC(=O)CCCCCCC)COC(=O)CCCCCCCCCCCCCCCCCC/C=C\C/C=C\C/C=C\CCCCCCC. The lowest BCUT2D eigenvalue weighted by Gasteiger charge is -2.18. The van der Waals surface area contributed by atoms with E-state index in [9.17, 15) is 14.4 Å². The Morgan fingerprint density at radius 1 is 0.273 bits per heavy atom. The average molecular weight is 1070 g/mol. The molecule has 0 radical (unpaired) electrons. The van der Waals surface area contributed by atoms with Gasteiger partial charge in [-0.25, -0.2) is 0 Å². The molecule has 0 saturated heterocycles. The second kappa shape index (κ2) is 65.1. The predicted molar refractivity (Wildman–Crippen MR) is 334 cm³/mol. The molecule has 6 nitrogen and oxygen atoms in total. The molecule has 0 spiro atoms. The van der Waals surface area contributed by atoms with E-state index in [0.29, 0.717) is 19.3 Å². The van der Waals surface area contributed by atoms with E-state index in [1.807, 2.05) is 0 Å². The highest BCUT2D eigenvalue weighted by atomic mass is 16.6. The van der Waals surface area contributed by atoms with Crippen molar-refractivity contribution < 1.29 is 28.6 Å². The monoisotopic (exact) mass is 1070 g/mol. The van der Waals surface area contributed by atoms with Crippen LogP contribution < -0.4 is 0 Å². The maximum atomic E-state index is 12.8. The molecule has 0 aliphatic carbocycles. The smallest absolute Gasteiger partial charge is 0.306 e. The van der Waals surface area contributed by atoms with Gasteiger partial charge in [-0.3, -0.25) is 14.4 Å². The highest BCUT2D eigenvalue weighted by Crippen LogP contribution is 2.17. The highest BCUT2D eigenvalue weighted by Gasteiger charge is 2.19. The first-order valence-corrected chi connectivity index (χ1v) is 33.1. The van der Waals surface area contributed by atoms with Crippen molar-refractivity contribution in [3.63, 3.8) is 0 Å². The summed E-state index contributed by atoms with van der Waals surface area (Å²) in [4.78, 5) is 38.0. The molecule has 0 aromatic heterocycles. The van der Waals surface area contributed by atoms with E-state index in [-0.39, 0.29) is 31.1 Å². The number of allylic oxidation sites excluding steroid dienone is 14. The molecule has 1 atom stereocenters. The van der Waals surface area contributed by atoms with Gasteiger partial charge in [0.15, 0.2) is 6.10 Å². The fraction of sp³-hybridized carbons (Fsp3) is 0.761. The molecule has 444 valence electrons. The summed E-state index contributed by atoms with van der Waals surface area (Å²) in [5.74, 6) is -0.883. The zero-order valence-corrected chi connectivity index (χ0v) is 51.0. The first kappa shape index (κ1) is 73.6. The lowest BCUT2D eigenvalue weighted by Crippen LogP contribution is -2.30. The van der Waals surface area contributed by atoms with Gasteiger partial charge in [0.2, 0.25) is 0 Å². The number of carbonyl (C=O) groups is 3. The number of ether oxygens (including phenoxy) is 3. The molecule has 0 fully saturated rings. The molecule has 0 aromatic rings. The summed E-state index contributed by atoms with van der Waals surface area (Å²) in [5.41, 5.74) is 0. The van der Waals surface area contributed by atoms with Crippen LogP contribution in [0.25, 0.3) is 0 Å². The summed E-state index contributed by atoms with van der Waals surface area (Å²) in [6.07, 6.45) is 86.5. The standard InChI is InChI=1S/C71H124O6/c1-4-7-10-13-15-17-19-21-23-25-27-29-31-32-33-34-35-36-37-38-40-41-43-45-47-49-51-53-55-58-61-64-70(73)76-67-68(66-75-69(72)63-60-57-12-9-6-3)77-71(74)65-62-59-56-54-52-50-48-46-44-42-39-30-28-26-24-22-20-18-16-14-11-8-5-2/h8,11,16,18-19,21-22,24-25,27-28,30-32,68H,4-7,9-10,12-15,17,20,23,26,29,33-67H2,1-3H3/b11-8-,18-16-,21-19-,24-22-,27-25-,30-28-,32-31-. The van der Waals surface area contributed by atoms with Crippen molar-refractivity contribution in [2.75, 3.05) is 13.2 Å². The van der Waals surface area contributed by atoms with Crippen LogP contribution in [0.5, 0.6) is 0 Å². The maximum Gasteiger partial charge on any atom is 0.306 e. The normalized spacial score (nSPS) is 12.6. The number of hydrogen-bond donors (Lipinski definition) is 0. The van der Waals surface area contributed by atoms with Crippen LogP contribution in [0.1, 0.15) is 329 Å². The summed E-state index contributed by atoms with van der Waals surface area (Å²) in [7, 11) is 0. The van der Waals surface area contributed by atoms with E-state index in [1.54, 1.807) is 0 Å². The summed E-state index contributed by atoms with van der Waals surface area (Å²) in [5, 5.41) is 0.